The molecule has 0 radical (unpaired) electrons. The van der Waals surface area contributed by atoms with Crippen molar-refractivity contribution in [3.8, 4) is 11.1 Å². The van der Waals surface area contributed by atoms with E-state index in [1.54, 1.807) is 26.8 Å². The molecule has 1 N–H and O–H groups in total. The van der Waals surface area contributed by atoms with Gasteiger partial charge in [0.05, 0.1) is 11.6 Å². The van der Waals surface area contributed by atoms with Crippen LogP contribution in [0.5, 0.6) is 0 Å². The van der Waals surface area contributed by atoms with Crippen LogP contribution in [0.1, 0.15) is 37.8 Å². The van der Waals surface area contributed by atoms with Crippen molar-refractivity contribution in [2.75, 3.05) is 5.32 Å². The molecule has 1 aliphatic rings. The quantitative estimate of drug-likeness (QED) is 0.389. The second-order valence-corrected chi connectivity index (χ2v) is 7.28. The predicted molar refractivity (Wildman–Crippen MR) is 107 cm³/mol. The van der Waals surface area contributed by atoms with Crippen LogP contribution in [0.2, 0.25) is 0 Å². The summed E-state index contributed by atoms with van der Waals surface area (Å²) in [5.74, 6) is -0.409. The zero-order valence-corrected chi connectivity index (χ0v) is 15.8. The molecule has 0 saturated heterocycles. The Bertz CT molecular complexity index is 919. The summed E-state index contributed by atoms with van der Waals surface area (Å²) in [7, 11) is 1.53. The van der Waals surface area contributed by atoms with Gasteiger partial charge in [0.25, 0.3) is 0 Å². The van der Waals surface area contributed by atoms with E-state index in [1.807, 2.05) is 30.3 Å². The van der Waals surface area contributed by atoms with E-state index in [0.29, 0.717) is 11.4 Å². The largest absolute Gasteiger partial charge is 0.560 e. The predicted octanol–water partition coefficient (Wildman–Crippen LogP) is 3.57. The van der Waals surface area contributed by atoms with Gasteiger partial charge in [0.2, 0.25) is 0 Å². The molecule has 1 amide bonds. The lowest BCUT2D eigenvalue weighted by molar-refractivity contribution is -0.108. The number of hydrogen-bond acceptors (Lipinski definition) is 5. The molecule has 2 aromatic rings. The molecule has 0 aromatic heterocycles. The van der Waals surface area contributed by atoms with Gasteiger partial charge in [0, 0.05) is 5.69 Å². The topological polar surface area (TPSA) is 77.0 Å². The van der Waals surface area contributed by atoms with Gasteiger partial charge in [0.15, 0.2) is 6.40 Å². The van der Waals surface area contributed by atoms with E-state index in [1.165, 1.54) is 14.4 Å². The molecular weight excluding hydrogens is 343 g/mol. The summed E-state index contributed by atoms with van der Waals surface area (Å²) in [6.07, 6.45) is 1.73. The van der Waals surface area contributed by atoms with Crippen molar-refractivity contribution in [1.82, 2.24) is 0 Å². The average Bonchev–Trinajstić information content (AvgIpc) is 2.90. The number of aliphatic imine (C=N–C) groups is 1. The Labute approximate surface area is 159 Å². The molecule has 7 heteroatoms. The van der Waals surface area contributed by atoms with Gasteiger partial charge in [-0.05, 0) is 67.3 Å². The van der Waals surface area contributed by atoms with Gasteiger partial charge >= 0.3 is 14.1 Å². The van der Waals surface area contributed by atoms with Crippen LogP contribution in [0.25, 0.3) is 11.1 Å². The highest BCUT2D eigenvalue weighted by atomic mass is 16.6. The van der Waals surface area contributed by atoms with Gasteiger partial charge in [-0.3, -0.25) is 5.32 Å². The monoisotopic (exact) mass is 364 g/mol. The van der Waals surface area contributed by atoms with Crippen molar-refractivity contribution in [3.05, 3.63) is 47.5 Å². The highest BCUT2D eigenvalue weighted by Crippen LogP contribution is 2.46. The molecule has 138 valence electrons. The number of carbonyl (C=O) groups is 2. The Balaban J connectivity index is 1.91. The highest BCUT2D eigenvalue weighted by Gasteiger charge is 2.29. The van der Waals surface area contributed by atoms with Crippen LogP contribution < -0.4 is 5.32 Å². The van der Waals surface area contributed by atoms with Gasteiger partial charge in [-0.1, -0.05) is 12.1 Å². The molecule has 6 nitrogen and oxygen atoms in total. The Morgan fingerprint density at radius 3 is 2.44 bits per heavy atom. The number of benzene rings is 2. The summed E-state index contributed by atoms with van der Waals surface area (Å²) in [6.45, 7) is 5.41. The summed E-state index contributed by atoms with van der Waals surface area (Å²) < 4.78 is 10.1. The first kappa shape index (κ1) is 18.7. The third kappa shape index (κ3) is 4.02. The van der Waals surface area contributed by atoms with E-state index in [2.05, 4.69) is 10.3 Å². The zero-order valence-electron chi connectivity index (χ0n) is 15.8. The molecule has 0 bridgehead atoms. The molecule has 1 aliphatic carbocycles. The van der Waals surface area contributed by atoms with Crippen LogP contribution in [0.3, 0.4) is 0 Å². The Morgan fingerprint density at radius 1 is 1.15 bits per heavy atom. The van der Waals surface area contributed by atoms with E-state index in [4.69, 9.17) is 9.39 Å². The molecule has 2 aromatic carbocycles. The third-order valence-electron chi connectivity index (χ3n) is 4.14. The van der Waals surface area contributed by atoms with E-state index in [-0.39, 0.29) is 0 Å². The van der Waals surface area contributed by atoms with E-state index in [9.17, 15) is 9.59 Å². The molecule has 0 saturated carbocycles. The van der Waals surface area contributed by atoms with Gasteiger partial charge in [0.1, 0.15) is 11.9 Å². The van der Waals surface area contributed by atoms with E-state index < -0.39 is 17.6 Å². The number of amides is 1. The normalized spacial score (nSPS) is 15.1. The summed E-state index contributed by atoms with van der Waals surface area (Å²) in [5, 5.41) is 2.72. The minimum absolute atomic E-state index is 0.409. The van der Waals surface area contributed by atoms with Crippen LogP contribution in [0.15, 0.2) is 41.4 Å². The molecule has 3 rings (SSSR count). The van der Waals surface area contributed by atoms with Gasteiger partial charge in [-0.25, -0.2) is 9.79 Å². The van der Waals surface area contributed by atoms with Crippen molar-refractivity contribution < 1.29 is 19.0 Å². The van der Waals surface area contributed by atoms with E-state index in [0.717, 1.165) is 28.5 Å². The maximum absolute atomic E-state index is 12.0. The average molecular weight is 364 g/mol. The lowest BCUT2D eigenvalue weighted by Gasteiger charge is -2.20. The van der Waals surface area contributed by atoms with E-state index >= 15 is 0 Å². The molecule has 1 atom stereocenters. The van der Waals surface area contributed by atoms with Crippen LogP contribution in [0, 0.1) is 0 Å². The molecular formula is C20H21BN2O4. The summed E-state index contributed by atoms with van der Waals surface area (Å²) in [6, 6.07) is 11.2. The number of nitrogens with one attached hydrogen (secondary N) is 1. The van der Waals surface area contributed by atoms with Crippen molar-refractivity contribution in [2.24, 2.45) is 4.99 Å². The van der Waals surface area contributed by atoms with Gasteiger partial charge < -0.3 is 14.2 Å². The maximum Gasteiger partial charge on any atom is 0.412 e. The third-order valence-corrected chi connectivity index (χ3v) is 4.14. The molecule has 0 aliphatic heterocycles. The molecule has 1 unspecified atom stereocenters. The van der Waals surface area contributed by atoms with Crippen LogP contribution >= 0.6 is 0 Å². The fraction of sp³-hybridized carbons (Fsp3) is 0.250. The second kappa shape index (κ2) is 7.27. The fourth-order valence-corrected chi connectivity index (χ4v) is 3.13. The van der Waals surface area contributed by atoms with Crippen LogP contribution in [0.4, 0.5) is 16.2 Å². The number of rotatable bonds is 4. The van der Waals surface area contributed by atoms with Crippen molar-refractivity contribution in [2.45, 2.75) is 32.3 Å². The van der Waals surface area contributed by atoms with Gasteiger partial charge in [-0.15, -0.1) is 0 Å². The smallest absolute Gasteiger partial charge is 0.412 e. The van der Waals surface area contributed by atoms with Crippen LogP contribution in [-0.2, 0) is 14.2 Å². The summed E-state index contributed by atoms with van der Waals surface area (Å²) >= 11 is 0. The summed E-state index contributed by atoms with van der Waals surface area (Å²) in [5.41, 5.74) is 4.41. The lowest BCUT2D eigenvalue weighted by Crippen LogP contribution is -2.27. The SMILES string of the molecule is BOC=Nc1ccc2c(c1)C(C=O)c1cc(NC(=O)OC(C)(C)C)ccc1-2. The standard InChI is InChI=1S/C20H21BN2O4/c1-20(2,3)27-19(25)23-13-5-7-15-14-6-4-12(22-11-26-21)8-16(14)18(10-24)17(15)9-13/h4-11,18H,21H2,1-3H3,(H,23,25). The Kier molecular flexibility index (Phi) is 5.03. The molecule has 0 heterocycles. The van der Waals surface area contributed by atoms with Gasteiger partial charge in [-0.2, -0.15) is 0 Å². The highest BCUT2D eigenvalue weighted by molar-refractivity contribution is 6.02. The minimum Gasteiger partial charge on any atom is -0.560 e. The summed E-state index contributed by atoms with van der Waals surface area (Å²) in [4.78, 5) is 28.0. The number of anilines is 1. The van der Waals surface area contributed by atoms with Crippen molar-refractivity contribution in [1.29, 1.82) is 0 Å². The molecule has 27 heavy (non-hydrogen) atoms. The Morgan fingerprint density at radius 2 is 1.81 bits per heavy atom. The van der Waals surface area contributed by atoms with Crippen LogP contribution in [-0.4, -0.2) is 32.4 Å². The zero-order chi connectivity index (χ0) is 19.6. The number of carbonyl (C=O) groups excluding carboxylic acids is 2. The first-order chi connectivity index (χ1) is 12.8. The minimum atomic E-state index is -0.582. The lowest BCUT2D eigenvalue weighted by atomic mass is 9.98. The maximum atomic E-state index is 12.0. The number of hydrogen-bond donors (Lipinski definition) is 1. The number of ether oxygens (including phenoxy) is 1. The molecule has 0 spiro atoms. The first-order valence-corrected chi connectivity index (χ1v) is 8.61. The Hall–Kier alpha value is -3.09. The van der Waals surface area contributed by atoms with Crippen molar-refractivity contribution in [3.63, 3.8) is 0 Å². The van der Waals surface area contributed by atoms with Crippen molar-refractivity contribution >= 4 is 38.2 Å². The first-order valence-electron chi connectivity index (χ1n) is 8.61. The fourth-order valence-electron chi connectivity index (χ4n) is 3.13. The number of nitrogens with zero attached hydrogens (tertiary/aromatic N) is 1. The molecule has 0 fully saturated rings. The number of fused-ring (bicyclic) bond motifs is 3. The second-order valence-electron chi connectivity index (χ2n) is 7.28. The number of aldehydes is 1.